The van der Waals surface area contributed by atoms with Crippen LogP contribution in [0.3, 0.4) is 0 Å². The third kappa shape index (κ3) is 4.92. The lowest BCUT2D eigenvalue weighted by atomic mass is 9.89. The molecular formula is C21H26N3OS2+. The van der Waals surface area contributed by atoms with Gasteiger partial charge in [-0.15, -0.1) is 23.1 Å². The SMILES string of the molecule is CSc1ccc(C[NH+](C)CC(=O)Nc2sc3c(c2C#N)CC[C@@H](C)C3)cc1. The maximum Gasteiger partial charge on any atom is 0.280 e. The number of nitrogens with zero attached hydrogens (tertiary/aromatic N) is 1. The number of carbonyl (C=O) groups is 1. The van der Waals surface area contributed by atoms with Crippen molar-refractivity contribution in [3.8, 4) is 6.07 Å². The van der Waals surface area contributed by atoms with Gasteiger partial charge in [0.25, 0.3) is 5.91 Å². The Kier molecular flexibility index (Phi) is 6.59. The number of nitrogens with one attached hydrogen (secondary N) is 2. The molecule has 0 saturated heterocycles. The van der Waals surface area contributed by atoms with E-state index in [0.29, 0.717) is 18.0 Å². The monoisotopic (exact) mass is 400 g/mol. The molecule has 1 unspecified atom stereocenters. The second-order valence-corrected chi connectivity index (χ2v) is 9.36. The smallest absolute Gasteiger partial charge is 0.280 e. The van der Waals surface area contributed by atoms with Gasteiger partial charge in [-0.25, -0.2) is 0 Å². The lowest BCUT2D eigenvalue weighted by Gasteiger charge is -2.17. The summed E-state index contributed by atoms with van der Waals surface area (Å²) in [6.45, 7) is 3.43. The molecule has 2 N–H and O–H groups in total. The molecule has 1 heterocycles. The van der Waals surface area contributed by atoms with Crippen molar-refractivity contribution in [2.75, 3.05) is 25.2 Å². The molecule has 1 aliphatic carbocycles. The maximum absolute atomic E-state index is 12.5. The molecule has 0 saturated carbocycles. The molecule has 1 aliphatic rings. The zero-order valence-corrected chi connectivity index (χ0v) is 17.7. The molecule has 1 aromatic carbocycles. The first-order valence-electron chi connectivity index (χ1n) is 9.28. The maximum atomic E-state index is 12.5. The summed E-state index contributed by atoms with van der Waals surface area (Å²) in [6, 6.07) is 10.8. The van der Waals surface area contributed by atoms with Gasteiger partial charge in [-0.1, -0.05) is 19.1 Å². The number of hydrogen-bond acceptors (Lipinski definition) is 4. The van der Waals surface area contributed by atoms with Crippen LogP contribution in [0.1, 0.15) is 34.9 Å². The van der Waals surface area contributed by atoms with Crippen LogP contribution in [0.4, 0.5) is 5.00 Å². The number of carbonyl (C=O) groups excluding carboxylic acids is 1. The fraction of sp³-hybridized carbons (Fsp3) is 0.429. The minimum atomic E-state index is -0.0311. The molecule has 0 radical (unpaired) electrons. The van der Waals surface area contributed by atoms with E-state index in [1.807, 2.05) is 7.05 Å². The zero-order chi connectivity index (χ0) is 19.4. The predicted molar refractivity (Wildman–Crippen MR) is 113 cm³/mol. The second kappa shape index (κ2) is 8.92. The molecule has 2 atom stereocenters. The number of rotatable bonds is 6. The summed E-state index contributed by atoms with van der Waals surface area (Å²) < 4.78 is 0. The zero-order valence-electron chi connectivity index (χ0n) is 16.1. The van der Waals surface area contributed by atoms with Crippen LogP contribution in [0, 0.1) is 17.2 Å². The number of likely N-dealkylation sites (N-methyl/N-ethyl adjacent to an activating group) is 1. The number of thiophene rings is 1. The van der Waals surface area contributed by atoms with Gasteiger partial charge in [0.2, 0.25) is 0 Å². The van der Waals surface area contributed by atoms with Gasteiger partial charge in [0.05, 0.1) is 12.6 Å². The average Bonchev–Trinajstić information content (AvgIpc) is 2.97. The number of nitriles is 1. The highest BCUT2D eigenvalue weighted by Gasteiger charge is 2.25. The number of hydrogen-bond donors (Lipinski definition) is 2. The Morgan fingerprint density at radius 2 is 2.15 bits per heavy atom. The van der Waals surface area contributed by atoms with Crippen molar-refractivity contribution in [3.63, 3.8) is 0 Å². The van der Waals surface area contributed by atoms with Crippen molar-refractivity contribution in [3.05, 3.63) is 45.8 Å². The van der Waals surface area contributed by atoms with E-state index in [9.17, 15) is 10.1 Å². The average molecular weight is 401 g/mol. The van der Waals surface area contributed by atoms with Crippen LogP contribution in [0.15, 0.2) is 29.2 Å². The molecular weight excluding hydrogens is 374 g/mol. The van der Waals surface area contributed by atoms with E-state index in [2.05, 4.69) is 48.8 Å². The van der Waals surface area contributed by atoms with Crippen LogP contribution >= 0.6 is 23.1 Å². The first kappa shape index (κ1) is 19.9. The summed E-state index contributed by atoms with van der Waals surface area (Å²) in [5.41, 5.74) is 3.06. The number of thioether (sulfide) groups is 1. The standard InChI is InChI=1S/C21H25N3OS2/c1-14-4-9-17-18(11-22)21(27-19(17)10-14)23-20(25)13-24(2)12-15-5-7-16(26-3)8-6-15/h5-8,14H,4,9-10,12-13H2,1-3H3,(H,23,25)/p+1/t14-/m1/s1. The molecule has 142 valence electrons. The molecule has 0 fully saturated rings. The summed E-state index contributed by atoms with van der Waals surface area (Å²) >= 11 is 3.31. The molecule has 1 amide bonds. The topological polar surface area (TPSA) is 57.3 Å². The molecule has 0 bridgehead atoms. The number of quaternary nitrogens is 1. The molecule has 27 heavy (non-hydrogen) atoms. The van der Waals surface area contributed by atoms with E-state index in [0.717, 1.165) is 41.3 Å². The van der Waals surface area contributed by atoms with Crippen molar-refractivity contribution in [1.29, 1.82) is 5.26 Å². The van der Waals surface area contributed by atoms with Crippen LogP contribution < -0.4 is 10.2 Å². The summed E-state index contributed by atoms with van der Waals surface area (Å²) in [4.78, 5) is 16.2. The van der Waals surface area contributed by atoms with Gasteiger partial charge in [-0.3, -0.25) is 4.79 Å². The normalized spacial score (nSPS) is 17.0. The van der Waals surface area contributed by atoms with Crippen molar-refractivity contribution < 1.29 is 9.69 Å². The number of benzene rings is 1. The Labute approximate surface area is 169 Å². The van der Waals surface area contributed by atoms with Gasteiger partial charge in [0, 0.05) is 15.3 Å². The largest absolute Gasteiger partial charge is 0.326 e. The van der Waals surface area contributed by atoms with E-state index in [1.165, 1.54) is 15.3 Å². The molecule has 0 aliphatic heterocycles. The second-order valence-electron chi connectivity index (χ2n) is 7.37. The first-order valence-corrected chi connectivity index (χ1v) is 11.3. The van der Waals surface area contributed by atoms with Gasteiger partial charge >= 0.3 is 0 Å². The third-order valence-electron chi connectivity index (χ3n) is 5.00. The Balaban J connectivity index is 1.61. The van der Waals surface area contributed by atoms with Crippen LogP contribution in [-0.4, -0.2) is 25.8 Å². The molecule has 4 nitrogen and oxygen atoms in total. The fourth-order valence-electron chi connectivity index (χ4n) is 3.56. The molecule has 6 heteroatoms. The Hall–Kier alpha value is -1.81. The van der Waals surface area contributed by atoms with E-state index in [-0.39, 0.29) is 5.91 Å². The summed E-state index contributed by atoms with van der Waals surface area (Å²) in [6.07, 6.45) is 5.15. The van der Waals surface area contributed by atoms with Gasteiger partial charge in [-0.05, 0) is 49.1 Å². The van der Waals surface area contributed by atoms with Crippen molar-refractivity contribution in [2.45, 2.75) is 37.6 Å². The highest BCUT2D eigenvalue weighted by atomic mass is 32.2. The minimum absolute atomic E-state index is 0.0311. The van der Waals surface area contributed by atoms with Crippen LogP contribution in [0.5, 0.6) is 0 Å². The molecule has 2 aromatic rings. The Morgan fingerprint density at radius 3 is 2.81 bits per heavy atom. The number of fused-ring (bicyclic) bond motifs is 1. The highest BCUT2D eigenvalue weighted by molar-refractivity contribution is 7.98. The molecule has 1 aromatic heterocycles. The lowest BCUT2D eigenvalue weighted by Crippen LogP contribution is -3.08. The van der Waals surface area contributed by atoms with Crippen LogP contribution in [0.25, 0.3) is 0 Å². The fourth-order valence-corrected chi connectivity index (χ4v) is 5.34. The number of anilines is 1. The van der Waals surface area contributed by atoms with Crippen LogP contribution in [0.2, 0.25) is 0 Å². The Morgan fingerprint density at radius 1 is 1.41 bits per heavy atom. The van der Waals surface area contributed by atoms with Gasteiger partial charge in [0.15, 0.2) is 6.54 Å². The van der Waals surface area contributed by atoms with Crippen molar-refractivity contribution >= 4 is 34.0 Å². The summed E-state index contributed by atoms with van der Waals surface area (Å²) in [5, 5.41) is 13.3. The quantitative estimate of drug-likeness (QED) is 0.733. The first-order chi connectivity index (χ1) is 13.0. The predicted octanol–water partition coefficient (Wildman–Crippen LogP) is 3.12. The van der Waals surface area contributed by atoms with E-state index in [4.69, 9.17) is 0 Å². The minimum Gasteiger partial charge on any atom is -0.326 e. The van der Waals surface area contributed by atoms with Crippen molar-refractivity contribution in [2.24, 2.45) is 5.92 Å². The number of amides is 1. The van der Waals surface area contributed by atoms with E-state index >= 15 is 0 Å². The molecule has 3 rings (SSSR count). The van der Waals surface area contributed by atoms with Gasteiger partial charge in [-0.2, -0.15) is 5.26 Å². The summed E-state index contributed by atoms with van der Waals surface area (Å²) in [7, 11) is 2.02. The van der Waals surface area contributed by atoms with Crippen LogP contribution in [-0.2, 0) is 24.2 Å². The molecule has 0 spiro atoms. The lowest BCUT2D eigenvalue weighted by molar-refractivity contribution is -0.885. The third-order valence-corrected chi connectivity index (χ3v) is 6.92. The Bertz CT molecular complexity index is 852. The van der Waals surface area contributed by atoms with Crippen molar-refractivity contribution in [1.82, 2.24) is 0 Å². The summed E-state index contributed by atoms with van der Waals surface area (Å²) in [5.74, 6) is 0.621. The van der Waals surface area contributed by atoms with E-state index < -0.39 is 0 Å². The van der Waals surface area contributed by atoms with E-state index in [1.54, 1.807) is 23.1 Å². The van der Waals surface area contributed by atoms with Gasteiger partial charge < -0.3 is 10.2 Å². The highest BCUT2D eigenvalue weighted by Crippen LogP contribution is 2.39. The van der Waals surface area contributed by atoms with Gasteiger partial charge in [0.1, 0.15) is 17.6 Å².